The van der Waals surface area contributed by atoms with E-state index in [-0.39, 0.29) is 22.6 Å². The van der Waals surface area contributed by atoms with Crippen molar-refractivity contribution in [1.82, 2.24) is 9.62 Å². The van der Waals surface area contributed by atoms with Crippen molar-refractivity contribution in [2.24, 2.45) is 11.7 Å². The lowest BCUT2D eigenvalue weighted by Crippen LogP contribution is -2.50. The van der Waals surface area contributed by atoms with Crippen molar-refractivity contribution in [2.75, 3.05) is 13.1 Å². The van der Waals surface area contributed by atoms with Crippen molar-refractivity contribution in [2.45, 2.75) is 30.7 Å². The second-order valence-corrected chi connectivity index (χ2v) is 8.43. The molecular formula is C15H20BrN3O4S. The number of sulfonamides is 1. The van der Waals surface area contributed by atoms with Crippen LogP contribution in [0.1, 0.15) is 19.8 Å². The summed E-state index contributed by atoms with van der Waals surface area (Å²) in [6, 6.07) is 5.28. The summed E-state index contributed by atoms with van der Waals surface area (Å²) >= 11 is 3.24. The van der Waals surface area contributed by atoms with Crippen LogP contribution in [0, 0.1) is 5.92 Å². The van der Waals surface area contributed by atoms with Gasteiger partial charge in [0.25, 0.3) is 0 Å². The number of piperidine rings is 1. The summed E-state index contributed by atoms with van der Waals surface area (Å²) in [7, 11) is -3.78. The third-order valence-electron chi connectivity index (χ3n) is 4.04. The maximum atomic E-state index is 12.4. The second kappa shape index (κ2) is 7.62. The smallest absolute Gasteiger partial charge is 0.241 e. The molecule has 3 N–H and O–H groups in total. The first kappa shape index (κ1) is 18.9. The number of nitrogens with one attached hydrogen (secondary N) is 1. The molecule has 1 atom stereocenters. The average molecular weight is 418 g/mol. The molecule has 1 aliphatic rings. The van der Waals surface area contributed by atoms with E-state index >= 15 is 0 Å². The van der Waals surface area contributed by atoms with Crippen LogP contribution in [0.5, 0.6) is 0 Å². The van der Waals surface area contributed by atoms with E-state index in [2.05, 4.69) is 20.7 Å². The first-order valence-corrected chi connectivity index (χ1v) is 9.84. The van der Waals surface area contributed by atoms with Gasteiger partial charge in [-0.1, -0.05) is 15.9 Å². The van der Waals surface area contributed by atoms with Gasteiger partial charge in [0.1, 0.15) is 0 Å². The van der Waals surface area contributed by atoms with E-state index in [0.717, 1.165) is 4.47 Å². The molecule has 1 heterocycles. The summed E-state index contributed by atoms with van der Waals surface area (Å²) in [6.45, 7) is 2.31. The molecule has 0 bridgehead atoms. The predicted molar refractivity (Wildman–Crippen MR) is 92.4 cm³/mol. The lowest BCUT2D eigenvalue weighted by atomic mass is 9.96. The zero-order valence-electron chi connectivity index (χ0n) is 13.2. The van der Waals surface area contributed by atoms with Crippen molar-refractivity contribution in [3.8, 4) is 0 Å². The highest BCUT2D eigenvalue weighted by atomic mass is 79.9. The SMILES string of the molecule is C[C@@H](NS(=O)(=O)c1ccc(Br)cc1)C(=O)N1CCC(C(N)=O)CC1. The number of amides is 2. The van der Waals surface area contributed by atoms with Gasteiger partial charge in [-0.05, 0) is 44.0 Å². The van der Waals surface area contributed by atoms with E-state index in [1.165, 1.54) is 19.1 Å². The van der Waals surface area contributed by atoms with Crippen LogP contribution in [-0.4, -0.2) is 44.3 Å². The topological polar surface area (TPSA) is 110 Å². The maximum absolute atomic E-state index is 12.4. The molecule has 1 fully saturated rings. The molecule has 2 rings (SSSR count). The number of hydrogen-bond donors (Lipinski definition) is 2. The Bertz CT molecular complexity index is 713. The van der Waals surface area contributed by atoms with Gasteiger partial charge < -0.3 is 10.6 Å². The molecule has 0 unspecified atom stereocenters. The highest BCUT2D eigenvalue weighted by Crippen LogP contribution is 2.18. The van der Waals surface area contributed by atoms with Gasteiger partial charge in [0.2, 0.25) is 21.8 Å². The number of nitrogens with two attached hydrogens (primary N) is 1. The molecule has 9 heteroatoms. The molecule has 1 aliphatic heterocycles. The molecule has 1 aromatic rings. The van der Waals surface area contributed by atoms with E-state index in [4.69, 9.17) is 5.73 Å². The summed E-state index contributed by atoms with van der Waals surface area (Å²) in [6.07, 6.45) is 1.01. The summed E-state index contributed by atoms with van der Waals surface area (Å²) in [5.41, 5.74) is 5.27. The minimum Gasteiger partial charge on any atom is -0.369 e. The molecule has 7 nitrogen and oxygen atoms in total. The van der Waals surface area contributed by atoms with Crippen LogP contribution in [0.25, 0.3) is 0 Å². The van der Waals surface area contributed by atoms with Crippen molar-refractivity contribution < 1.29 is 18.0 Å². The van der Waals surface area contributed by atoms with Crippen LogP contribution in [0.3, 0.4) is 0 Å². The third kappa shape index (κ3) is 4.55. The number of rotatable bonds is 5. The normalized spacial score (nSPS) is 17.5. The highest BCUT2D eigenvalue weighted by molar-refractivity contribution is 9.10. The largest absolute Gasteiger partial charge is 0.369 e. The number of nitrogens with zero attached hydrogens (tertiary/aromatic N) is 1. The second-order valence-electron chi connectivity index (χ2n) is 5.80. The highest BCUT2D eigenvalue weighted by Gasteiger charge is 2.30. The monoisotopic (exact) mass is 417 g/mol. The molecule has 1 aromatic carbocycles. The van der Waals surface area contributed by atoms with Crippen LogP contribution in [0.15, 0.2) is 33.6 Å². The van der Waals surface area contributed by atoms with Gasteiger partial charge in [0, 0.05) is 23.5 Å². The number of benzene rings is 1. The standard InChI is InChI=1S/C15H20BrN3O4S/c1-10(15(21)19-8-6-11(7-9-19)14(17)20)18-24(22,23)13-4-2-12(16)3-5-13/h2-5,10-11,18H,6-9H2,1H3,(H2,17,20)/t10-/m1/s1. The molecule has 24 heavy (non-hydrogen) atoms. The van der Waals surface area contributed by atoms with E-state index in [0.29, 0.717) is 25.9 Å². The van der Waals surface area contributed by atoms with E-state index in [1.807, 2.05) is 0 Å². The molecule has 0 saturated carbocycles. The summed E-state index contributed by atoms with van der Waals surface area (Å²) in [5.74, 6) is -0.881. The first-order chi connectivity index (χ1) is 11.2. The van der Waals surface area contributed by atoms with Gasteiger partial charge >= 0.3 is 0 Å². The lowest BCUT2D eigenvalue weighted by molar-refractivity contribution is -0.136. The van der Waals surface area contributed by atoms with E-state index in [1.54, 1.807) is 17.0 Å². The van der Waals surface area contributed by atoms with Gasteiger partial charge in [0.15, 0.2) is 0 Å². The van der Waals surface area contributed by atoms with Crippen molar-refractivity contribution in [3.63, 3.8) is 0 Å². The van der Waals surface area contributed by atoms with Crippen molar-refractivity contribution in [3.05, 3.63) is 28.7 Å². The molecule has 0 aliphatic carbocycles. The van der Waals surface area contributed by atoms with Crippen LogP contribution in [0.2, 0.25) is 0 Å². The fourth-order valence-electron chi connectivity index (χ4n) is 2.62. The number of primary amides is 1. The maximum Gasteiger partial charge on any atom is 0.241 e. The minimum absolute atomic E-state index is 0.0952. The number of carbonyl (C=O) groups excluding carboxylic acids is 2. The molecule has 132 valence electrons. The van der Waals surface area contributed by atoms with Crippen LogP contribution in [-0.2, 0) is 19.6 Å². The Morgan fingerprint density at radius 2 is 1.79 bits per heavy atom. The summed E-state index contributed by atoms with van der Waals surface area (Å²) in [4.78, 5) is 25.2. The van der Waals surface area contributed by atoms with Crippen molar-refractivity contribution >= 4 is 37.8 Å². The van der Waals surface area contributed by atoms with Crippen molar-refractivity contribution in [1.29, 1.82) is 0 Å². The number of halogens is 1. The predicted octanol–water partition coefficient (Wildman–Crippen LogP) is 0.840. The van der Waals surface area contributed by atoms with Crippen LogP contribution < -0.4 is 10.5 Å². The Hall–Kier alpha value is -1.45. The molecule has 2 amide bonds. The van der Waals surface area contributed by atoms with Gasteiger partial charge in [-0.25, -0.2) is 8.42 Å². The van der Waals surface area contributed by atoms with Gasteiger partial charge in [-0.3, -0.25) is 9.59 Å². The summed E-state index contributed by atoms with van der Waals surface area (Å²) in [5, 5.41) is 0. The quantitative estimate of drug-likeness (QED) is 0.739. The van der Waals surface area contributed by atoms with Gasteiger partial charge in [0.05, 0.1) is 10.9 Å². The first-order valence-electron chi connectivity index (χ1n) is 7.56. The van der Waals surface area contributed by atoms with Gasteiger partial charge in [-0.2, -0.15) is 4.72 Å². The summed E-state index contributed by atoms with van der Waals surface area (Å²) < 4.78 is 27.8. The molecule has 1 saturated heterocycles. The molecular weight excluding hydrogens is 398 g/mol. The van der Waals surface area contributed by atoms with E-state index in [9.17, 15) is 18.0 Å². The molecule has 0 aromatic heterocycles. The Kier molecular flexibility index (Phi) is 6.00. The number of carbonyl (C=O) groups is 2. The third-order valence-corrected chi connectivity index (χ3v) is 6.12. The number of hydrogen-bond acceptors (Lipinski definition) is 4. The Morgan fingerprint density at radius 3 is 2.29 bits per heavy atom. The van der Waals surface area contributed by atoms with Crippen LogP contribution >= 0.6 is 15.9 Å². The van der Waals surface area contributed by atoms with Crippen LogP contribution in [0.4, 0.5) is 0 Å². The Balaban J connectivity index is 1.99. The Labute approximate surface area is 149 Å². The fraction of sp³-hybridized carbons (Fsp3) is 0.467. The minimum atomic E-state index is -3.78. The van der Waals surface area contributed by atoms with E-state index < -0.39 is 16.1 Å². The number of likely N-dealkylation sites (tertiary alicyclic amines) is 1. The lowest BCUT2D eigenvalue weighted by Gasteiger charge is -2.32. The Morgan fingerprint density at radius 1 is 1.25 bits per heavy atom. The fourth-order valence-corrected chi connectivity index (χ4v) is 4.08. The molecule has 0 radical (unpaired) electrons. The van der Waals surface area contributed by atoms with Gasteiger partial charge in [-0.15, -0.1) is 0 Å². The zero-order chi connectivity index (χ0) is 17.9. The zero-order valence-corrected chi connectivity index (χ0v) is 15.6. The average Bonchev–Trinajstić information content (AvgIpc) is 2.54. The molecule has 0 spiro atoms.